The average Bonchev–Trinajstić information content (AvgIpc) is 3.21. The van der Waals surface area contributed by atoms with Crippen molar-refractivity contribution in [2.75, 3.05) is 17.7 Å². The quantitative estimate of drug-likeness (QED) is 0.409. The summed E-state index contributed by atoms with van der Waals surface area (Å²) >= 11 is 0.942. The van der Waals surface area contributed by atoms with Gasteiger partial charge in [0.25, 0.3) is 17.4 Å². The van der Waals surface area contributed by atoms with Gasteiger partial charge < -0.3 is 15.4 Å². The fourth-order valence-corrected chi connectivity index (χ4v) is 4.64. The van der Waals surface area contributed by atoms with Crippen LogP contribution in [0, 0.1) is 20.8 Å². The second kappa shape index (κ2) is 9.51. The Morgan fingerprint density at radius 1 is 0.943 bits per heavy atom. The van der Waals surface area contributed by atoms with Crippen molar-refractivity contribution in [2.24, 2.45) is 0 Å². The van der Waals surface area contributed by atoms with Crippen LogP contribution in [0.3, 0.4) is 0 Å². The maximum atomic E-state index is 13.4. The highest BCUT2D eigenvalue weighted by atomic mass is 32.1. The van der Waals surface area contributed by atoms with E-state index in [1.807, 2.05) is 26.0 Å². The number of esters is 1. The topological polar surface area (TPSA) is 119 Å². The SMILES string of the molecule is COC(=O)c1ccc(NC(=O)c2sc3nc(C)cc(=O)n3c2C(=O)Nc2ccc(C)cc2C)cc1. The first-order valence-corrected chi connectivity index (χ1v) is 11.4. The Balaban J connectivity index is 1.74. The molecule has 4 aromatic rings. The number of hydrogen-bond acceptors (Lipinski definition) is 7. The molecule has 0 bridgehead atoms. The van der Waals surface area contributed by atoms with Gasteiger partial charge in [0.1, 0.15) is 10.6 Å². The van der Waals surface area contributed by atoms with E-state index >= 15 is 0 Å². The molecule has 0 aliphatic rings. The molecule has 0 spiro atoms. The molecule has 178 valence electrons. The van der Waals surface area contributed by atoms with E-state index in [4.69, 9.17) is 0 Å². The van der Waals surface area contributed by atoms with Crippen LogP contribution in [0.4, 0.5) is 11.4 Å². The maximum Gasteiger partial charge on any atom is 0.337 e. The third-order valence-corrected chi connectivity index (χ3v) is 6.30. The van der Waals surface area contributed by atoms with Crippen molar-refractivity contribution in [1.82, 2.24) is 9.38 Å². The predicted molar refractivity (Wildman–Crippen MR) is 134 cm³/mol. The van der Waals surface area contributed by atoms with Crippen molar-refractivity contribution in [3.63, 3.8) is 0 Å². The molecule has 0 saturated carbocycles. The Bertz CT molecular complexity index is 1540. The highest BCUT2D eigenvalue weighted by molar-refractivity contribution is 7.19. The van der Waals surface area contributed by atoms with E-state index in [2.05, 4.69) is 20.4 Å². The van der Waals surface area contributed by atoms with E-state index in [0.717, 1.165) is 26.9 Å². The molecule has 0 radical (unpaired) electrons. The number of thiazole rings is 1. The van der Waals surface area contributed by atoms with Crippen molar-refractivity contribution < 1.29 is 19.1 Å². The zero-order chi connectivity index (χ0) is 25.3. The molecule has 2 N–H and O–H groups in total. The Kier molecular flexibility index (Phi) is 6.48. The lowest BCUT2D eigenvalue weighted by molar-refractivity contribution is 0.0600. The first-order valence-electron chi connectivity index (χ1n) is 10.6. The molecule has 0 fully saturated rings. The normalized spacial score (nSPS) is 10.7. The van der Waals surface area contributed by atoms with Crippen molar-refractivity contribution in [2.45, 2.75) is 20.8 Å². The van der Waals surface area contributed by atoms with Gasteiger partial charge in [-0.2, -0.15) is 0 Å². The number of amides is 2. The second-order valence-electron chi connectivity index (χ2n) is 7.93. The fraction of sp³-hybridized carbons (Fsp3) is 0.160. The lowest BCUT2D eigenvalue weighted by atomic mass is 10.1. The van der Waals surface area contributed by atoms with Gasteiger partial charge >= 0.3 is 5.97 Å². The number of rotatable bonds is 5. The average molecular weight is 491 g/mol. The first-order chi connectivity index (χ1) is 16.7. The Morgan fingerprint density at radius 3 is 2.31 bits per heavy atom. The van der Waals surface area contributed by atoms with Crippen LogP contribution in [0.1, 0.15) is 47.3 Å². The summed E-state index contributed by atoms with van der Waals surface area (Å²) in [4.78, 5) is 55.6. The lowest BCUT2D eigenvalue weighted by Gasteiger charge is -2.11. The summed E-state index contributed by atoms with van der Waals surface area (Å²) in [5, 5.41) is 5.52. The molecule has 10 heteroatoms. The van der Waals surface area contributed by atoms with Gasteiger partial charge in [-0.25, -0.2) is 14.2 Å². The van der Waals surface area contributed by atoms with E-state index in [9.17, 15) is 19.2 Å². The van der Waals surface area contributed by atoms with Crippen LogP contribution in [-0.2, 0) is 4.74 Å². The molecule has 0 aliphatic heterocycles. The molecule has 0 saturated heterocycles. The molecular formula is C25H22N4O5S. The monoisotopic (exact) mass is 490 g/mol. The molecule has 9 nitrogen and oxygen atoms in total. The molecule has 2 aromatic heterocycles. The smallest absolute Gasteiger partial charge is 0.337 e. The van der Waals surface area contributed by atoms with Gasteiger partial charge in [0, 0.05) is 23.1 Å². The molecule has 0 aliphatic carbocycles. The highest BCUT2D eigenvalue weighted by Crippen LogP contribution is 2.25. The van der Waals surface area contributed by atoms with E-state index in [1.165, 1.54) is 25.3 Å². The van der Waals surface area contributed by atoms with Crippen LogP contribution in [0.15, 0.2) is 53.3 Å². The number of carbonyl (C=O) groups is 3. The number of methoxy groups -OCH3 is 1. The summed E-state index contributed by atoms with van der Waals surface area (Å²) in [5.41, 5.74) is 3.08. The number of fused-ring (bicyclic) bond motifs is 1. The Labute approximate surface area is 204 Å². The van der Waals surface area contributed by atoms with Gasteiger partial charge in [-0.05, 0) is 56.7 Å². The largest absolute Gasteiger partial charge is 0.465 e. The van der Waals surface area contributed by atoms with E-state index in [-0.39, 0.29) is 15.5 Å². The molecule has 0 unspecified atom stereocenters. The molecule has 2 amide bonds. The molecule has 2 aromatic carbocycles. The molecule has 35 heavy (non-hydrogen) atoms. The van der Waals surface area contributed by atoms with E-state index < -0.39 is 23.3 Å². The number of aromatic nitrogens is 2. The predicted octanol–water partition coefficient (Wildman–Crippen LogP) is 3.97. The van der Waals surface area contributed by atoms with Gasteiger partial charge in [-0.1, -0.05) is 29.0 Å². The van der Waals surface area contributed by atoms with Gasteiger partial charge in [-0.3, -0.25) is 14.4 Å². The van der Waals surface area contributed by atoms with Crippen LogP contribution in [-0.4, -0.2) is 34.3 Å². The third-order valence-electron chi connectivity index (χ3n) is 5.26. The van der Waals surface area contributed by atoms with Crippen LogP contribution in [0.2, 0.25) is 0 Å². The number of nitrogens with zero attached hydrogens (tertiary/aromatic N) is 2. The summed E-state index contributed by atoms with van der Waals surface area (Å²) in [6.07, 6.45) is 0. The number of anilines is 2. The Hall–Kier alpha value is -4.31. The fourth-order valence-electron chi connectivity index (χ4n) is 3.58. The van der Waals surface area contributed by atoms with Gasteiger partial charge in [0.05, 0.1) is 12.7 Å². The van der Waals surface area contributed by atoms with E-state index in [1.54, 1.807) is 25.1 Å². The van der Waals surface area contributed by atoms with Crippen molar-refractivity contribution in [3.8, 4) is 0 Å². The van der Waals surface area contributed by atoms with Gasteiger partial charge in [0.2, 0.25) is 0 Å². The molecule has 4 rings (SSSR count). The molecular weight excluding hydrogens is 468 g/mol. The van der Waals surface area contributed by atoms with Crippen LogP contribution in [0.5, 0.6) is 0 Å². The summed E-state index contributed by atoms with van der Waals surface area (Å²) in [5.74, 6) is -1.70. The minimum atomic E-state index is -0.609. The second-order valence-corrected chi connectivity index (χ2v) is 8.91. The summed E-state index contributed by atoms with van der Waals surface area (Å²) in [7, 11) is 1.28. The number of aryl methyl sites for hydroxylation is 3. The van der Waals surface area contributed by atoms with Crippen molar-refractivity contribution in [3.05, 3.63) is 91.8 Å². The van der Waals surface area contributed by atoms with E-state index in [0.29, 0.717) is 22.6 Å². The number of nitrogens with one attached hydrogen (secondary N) is 2. The van der Waals surface area contributed by atoms with Crippen molar-refractivity contribution in [1.29, 1.82) is 0 Å². The summed E-state index contributed by atoms with van der Waals surface area (Å²) < 4.78 is 5.82. The van der Waals surface area contributed by atoms with Gasteiger partial charge in [0.15, 0.2) is 4.96 Å². The third kappa shape index (κ3) is 4.82. The lowest BCUT2D eigenvalue weighted by Crippen LogP contribution is -2.25. The maximum absolute atomic E-state index is 13.4. The Morgan fingerprint density at radius 2 is 1.66 bits per heavy atom. The zero-order valence-corrected chi connectivity index (χ0v) is 20.3. The highest BCUT2D eigenvalue weighted by Gasteiger charge is 2.26. The molecule has 2 heterocycles. The number of hydrogen-bond donors (Lipinski definition) is 2. The summed E-state index contributed by atoms with van der Waals surface area (Å²) in [6.45, 7) is 5.47. The standard InChI is InChI=1S/C25H22N4O5S/c1-13-5-10-18(14(2)11-13)28-22(31)20-21(35-25-26-15(3)12-19(30)29(20)25)23(32)27-17-8-6-16(7-9-17)24(33)34-4/h5-12H,1-4H3,(H,27,32)(H,28,31). The van der Waals surface area contributed by atoms with Crippen LogP contribution >= 0.6 is 11.3 Å². The molecule has 0 atom stereocenters. The van der Waals surface area contributed by atoms with Crippen LogP contribution < -0.4 is 16.2 Å². The van der Waals surface area contributed by atoms with Crippen molar-refractivity contribution >= 4 is 45.5 Å². The minimum absolute atomic E-state index is 0.0273. The number of benzene rings is 2. The first kappa shape index (κ1) is 23.8. The number of carbonyl (C=O) groups excluding carboxylic acids is 3. The summed E-state index contributed by atoms with van der Waals surface area (Å²) in [6, 6.07) is 13.0. The zero-order valence-electron chi connectivity index (χ0n) is 19.5. The minimum Gasteiger partial charge on any atom is -0.465 e. The van der Waals surface area contributed by atoms with Gasteiger partial charge in [-0.15, -0.1) is 0 Å². The number of ether oxygens (including phenoxy) is 1. The van der Waals surface area contributed by atoms with Crippen LogP contribution in [0.25, 0.3) is 4.96 Å².